The molecule has 5 heteroatoms. The minimum absolute atomic E-state index is 0.0155. The molecule has 0 spiro atoms. The molecule has 0 aliphatic carbocycles. The van der Waals surface area contributed by atoms with Crippen LogP contribution in [0.1, 0.15) is 26.7 Å². The fourth-order valence-corrected chi connectivity index (χ4v) is 3.56. The molecule has 1 amide bonds. The Hall–Kier alpha value is -0.580. The van der Waals surface area contributed by atoms with Crippen LogP contribution in [0.15, 0.2) is 0 Å². The molecule has 0 aromatic rings. The van der Waals surface area contributed by atoms with Gasteiger partial charge in [-0.3, -0.25) is 4.79 Å². The highest BCUT2D eigenvalue weighted by Crippen LogP contribution is 2.18. The van der Waals surface area contributed by atoms with Crippen LogP contribution in [0.3, 0.4) is 0 Å². The van der Waals surface area contributed by atoms with Crippen molar-refractivity contribution >= 4 is 15.7 Å². The zero-order valence-electron chi connectivity index (χ0n) is 9.56. The quantitative estimate of drug-likeness (QED) is 0.720. The predicted octanol–water partition coefficient (Wildman–Crippen LogP) is 0.678. The van der Waals surface area contributed by atoms with Crippen molar-refractivity contribution in [2.45, 2.75) is 32.7 Å². The summed E-state index contributed by atoms with van der Waals surface area (Å²) < 4.78 is 22.5. The third kappa shape index (κ3) is 2.93. The average molecular weight is 233 g/mol. The maximum atomic E-state index is 11.8. The van der Waals surface area contributed by atoms with Crippen molar-refractivity contribution in [2.24, 2.45) is 5.92 Å². The van der Waals surface area contributed by atoms with E-state index >= 15 is 0 Å². The summed E-state index contributed by atoms with van der Waals surface area (Å²) in [6.07, 6.45) is 1.38. The number of rotatable bonds is 3. The van der Waals surface area contributed by atoms with Crippen molar-refractivity contribution in [3.63, 3.8) is 0 Å². The lowest BCUT2D eigenvalue weighted by Crippen LogP contribution is -2.40. The first-order valence-electron chi connectivity index (χ1n) is 5.34. The number of carbonyl (C=O) groups excluding carboxylic acids is 1. The molecule has 1 aliphatic heterocycles. The van der Waals surface area contributed by atoms with Gasteiger partial charge in [0.1, 0.15) is 0 Å². The first kappa shape index (κ1) is 12.5. The van der Waals surface area contributed by atoms with Crippen LogP contribution in [0.2, 0.25) is 0 Å². The molecule has 0 saturated carbocycles. The van der Waals surface area contributed by atoms with Crippen LogP contribution in [0.4, 0.5) is 0 Å². The predicted molar refractivity (Wildman–Crippen MR) is 59.3 cm³/mol. The first-order chi connectivity index (χ1) is 6.87. The maximum Gasteiger partial charge on any atom is 0.225 e. The van der Waals surface area contributed by atoms with Crippen molar-refractivity contribution in [3.8, 4) is 0 Å². The van der Waals surface area contributed by atoms with Crippen LogP contribution in [0.25, 0.3) is 0 Å². The molecule has 0 bridgehead atoms. The normalized spacial score (nSPS) is 26.2. The molecule has 1 heterocycles. The number of amides is 1. The van der Waals surface area contributed by atoms with E-state index in [-0.39, 0.29) is 29.4 Å². The van der Waals surface area contributed by atoms with Crippen LogP contribution in [0, 0.1) is 5.92 Å². The zero-order valence-corrected chi connectivity index (χ0v) is 10.4. The van der Waals surface area contributed by atoms with Gasteiger partial charge in [0, 0.05) is 19.0 Å². The Morgan fingerprint density at radius 3 is 2.53 bits per heavy atom. The molecule has 0 radical (unpaired) electrons. The number of hydrogen-bond donors (Lipinski definition) is 0. The van der Waals surface area contributed by atoms with Gasteiger partial charge in [0.05, 0.1) is 11.5 Å². The van der Waals surface area contributed by atoms with Crippen LogP contribution >= 0.6 is 0 Å². The maximum absolute atomic E-state index is 11.8. The molecule has 2 unspecified atom stereocenters. The molecular weight excluding hydrogens is 214 g/mol. The standard InChI is InChI=1S/C10H19NO3S/c1-4-8(2)10(12)11(3)9-5-6-15(13,14)7-9/h8-9H,4-7H2,1-3H3. The van der Waals surface area contributed by atoms with E-state index in [0.717, 1.165) is 6.42 Å². The van der Waals surface area contributed by atoms with E-state index in [9.17, 15) is 13.2 Å². The third-order valence-corrected chi connectivity index (χ3v) is 4.89. The van der Waals surface area contributed by atoms with E-state index in [0.29, 0.717) is 6.42 Å². The summed E-state index contributed by atoms with van der Waals surface area (Å²) in [7, 11) is -1.19. The molecule has 1 aliphatic rings. The Morgan fingerprint density at radius 2 is 2.13 bits per heavy atom. The number of nitrogens with zero attached hydrogens (tertiary/aromatic N) is 1. The molecule has 1 fully saturated rings. The lowest BCUT2D eigenvalue weighted by Gasteiger charge is -2.26. The second-order valence-electron chi connectivity index (χ2n) is 4.32. The highest BCUT2D eigenvalue weighted by Gasteiger charge is 2.33. The van der Waals surface area contributed by atoms with Gasteiger partial charge in [0.25, 0.3) is 0 Å². The minimum Gasteiger partial charge on any atom is -0.341 e. The van der Waals surface area contributed by atoms with E-state index in [1.54, 1.807) is 11.9 Å². The topological polar surface area (TPSA) is 54.5 Å². The second-order valence-corrected chi connectivity index (χ2v) is 6.54. The average Bonchev–Trinajstić information content (AvgIpc) is 2.55. The van der Waals surface area contributed by atoms with Gasteiger partial charge in [0.2, 0.25) is 5.91 Å². The Bertz CT molecular complexity index is 337. The molecule has 0 N–H and O–H groups in total. The number of hydrogen-bond acceptors (Lipinski definition) is 3. The van der Waals surface area contributed by atoms with E-state index in [2.05, 4.69) is 0 Å². The van der Waals surface area contributed by atoms with Gasteiger partial charge in [-0.25, -0.2) is 8.42 Å². The Balaban J connectivity index is 2.63. The van der Waals surface area contributed by atoms with E-state index in [1.807, 2.05) is 13.8 Å². The third-order valence-electron chi connectivity index (χ3n) is 3.14. The molecule has 88 valence electrons. The molecule has 1 rings (SSSR count). The largest absolute Gasteiger partial charge is 0.341 e. The van der Waals surface area contributed by atoms with Crippen molar-refractivity contribution < 1.29 is 13.2 Å². The summed E-state index contributed by atoms with van der Waals surface area (Å²) in [5, 5.41) is 0. The molecular formula is C10H19NO3S. The monoisotopic (exact) mass is 233 g/mol. The van der Waals surface area contributed by atoms with Gasteiger partial charge >= 0.3 is 0 Å². The van der Waals surface area contributed by atoms with E-state index < -0.39 is 9.84 Å². The second kappa shape index (κ2) is 4.51. The van der Waals surface area contributed by atoms with Gasteiger partial charge in [0.15, 0.2) is 9.84 Å². The summed E-state index contributed by atoms with van der Waals surface area (Å²) in [6, 6.07) is -0.114. The smallest absolute Gasteiger partial charge is 0.225 e. The van der Waals surface area contributed by atoms with Crippen LogP contribution in [-0.2, 0) is 14.6 Å². The van der Waals surface area contributed by atoms with Crippen LogP contribution in [0.5, 0.6) is 0 Å². The molecule has 15 heavy (non-hydrogen) atoms. The lowest BCUT2D eigenvalue weighted by molar-refractivity contribution is -0.135. The summed E-state index contributed by atoms with van der Waals surface area (Å²) in [6.45, 7) is 3.84. The zero-order chi connectivity index (χ0) is 11.6. The minimum atomic E-state index is -2.90. The lowest BCUT2D eigenvalue weighted by atomic mass is 10.1. The first-order valence-corrected chi connectivity index (χ1v) is 7.16. The molecule has 1 saturated heterocycles. The van der Waals surface area contributed by atoms with Crippen molar-refractivity contribution in [3.05, 3.63) is 0 Å². The SMILES string of the molecule is CCC(C)C(=O)N(C)C1CCS(=O)(=O)C1. The fourth-order valence-electron chi connectivity index (χ4n) is 1.78. The van der Waals surface area contributed by atoms with Crippen molar-refractivity contribution in [1.82, 2.24) is 4.90 Å². The van der Waals surface area contributed by atoms with Gasteiger partial charge in [-0.15, -0.1) is 0 Å². The van der Waals surface area contributed by atoms with Gasteiger partial charge in [-0.05, 0) is 12.8 Å². The van der Waals surface area contributed by atoms with Gasteiger partial charge < -0.3 is 4.90 Å². The number of carbonyl (C=O) groups is 1. The molecule has 0 aromatic carbocycles. The number of sulfone groups is 1. The Kier molecular flexibility index (Phi) is 3.76. The fraction of sp³-hybridized carbons (Fsp3) is 0.900. The summed E-state index contributed by atoms with van der Waals surface area (Å²) in [4.78, 5) is 13.4. The van der Waals surface area contributed by atoms with Gasteiger partial charge in [-0.2, -0.15) is 0 Å². The highest BCUT2D eigenvalue weighted by molar-refractivity contribution is 7.91. The Morgan fingerprint density at radius 1 is 1.53 bits per heavy atom. The highest BCUT2D eigenvalue weighted by atomic mass is 32.2. The van der Waals surface area contributed by atoms with E-state index in [1.165, 1.54) is 0 Å². The Labute approximate surface area is 91.6 Å². The molecule has 2 atom stereocenters. The molecule has 4 nitrogen and oxygen atoms in total. The van der Waals surface area contributed by atoms with E-state index in [4.69, 9.17) is 0 Å². The van der Waals surface area contributed by atoms with Crippen molar-refractivity contribution in [2.75, 3.05) is 18.6 Å². The van der Waals surface area contributed by atoms with Gasteiger partial charge in [-0.1, -0.05) is 13.8 Å². The van der Waals surface area contributed by atoms with Crippen molar-refractivity contribution in [1.29, 1.82) is 0 Å². The summed E-state index contributed by atoms with van der Waals surface area (Å²) in [5.41, 5.74) is 0. The van der Waals surface area contributed by atoms with Crippen LogP contribution in [-0.4, -0.2) is 43.8 Å². The van der Waals surface area contributed by atoms with Crippen LogP contribution < -0.4 is 0 Å². The summed E-state index contributed by atoms with van der Waals surface area (Å²) >= 11 is 0. The molecule has 0 aromatic heterocycles. The summed E-state index contributed by atoms with van der Waals surface area (Å²) in [5.74, 6) is 0.388.